The molecule has 0 aliphatic rings. The molecule has 0 atom stereocenters. The highest BCUT2D eigenvalue weighted by Crippen LogP contribution is 2.15. The molecule has 0 saturated carbocycles. The van der Waals surface area contributed by atoms with E-state index in [-0.39, 0.29) is 17.0 Å². The van der Waals surface area contributed by atoms with Crippen molar-refractivity contribution >= 4 is 21.1 Å². The van der Waals surface area contributed by atoms with Crippen LogP contribution in [0.5, 0.6) is 0 Å². The molecule has 0 aliphatic heterocycles. The summed E-state index contributed by atoms with van der Waals surface area (Å²) >= 11 is 0. The number of hydrogen-bond acceptors (Lipinski definition) is 6. The molecule has 11 heteroatoms. The van der Waals surface area contributed by atoms with Crippen LogP contribution in [-0.2, 0) is 16.6 Å². The van der Waals surface area contributed by atoms with Gasteiger partial charge in [0.05, 0.1) is 21.6 Å². The summed E-state index contributed by atoms with van der Waals surface area (Å²) in [5, 5.41) is 4.37. The van der Waals surface area contributed by atoms with Gasteiger partial charge in [0.15, 0.2) is 5.82 Å². The minimum atomic E-state index is -3.85. The van der Waals surface area contributed by atoms with Crippen LogP contribution >= 0.6 is 0 Å². The molecule has 3 heterocycles. The number of aryl methyl sites for hydroxylation is 2. The van der Waals surface area contributed by atoms with Crippen molar-refractivity contribution in [2.24, 2.45) is 0 Å². The molecule has 0 unspecified atom stereocenters. The van der Waals surface area contributed by atoms with Gasteiger partial charge in [0.25, 0.3) is 0 Å². The Kier molecular flexibility index (Phi) is 4.84. The summed E-state index contributed by atoms with van der Waals surface area (Å²) in [6.07, 6.45) is 1.58. The zero-order chi connectivity index (χ0) is 21.5. The van der Waals surface area contributed by atoms with Crippen molar-refractivity contribution in [2.75, 3.05) is 0 Å². The second kappa shape index (κ2) is 7.35. The number of aromatic amines is 2. The monoisotopic (exact) mass is 426 g/mol. The highest BCUT2D eigenvalue weighted by Gasteiger charge is 2.15. The second-order valence-electron chi connectivity index (χ2n) is 6.80. The third-order valence-corrected chi connectivity index (χ3v) is 5.90. The van der Waals surface area contributed by atoms with Crippen molar-refractivity contribution in [3.05, 3.63) is 80.3 Å². The van der Waals surface area contributed by atoms with E-state index in [1.165, 1.54) is 18.2 Å². The number of pyridine rings is 1. The Hall–Kier alpha value is -3.57. The van der Waals surface area contributed by atoms with Crippen molar-refractivity contribution in [1.82, 2.24) is 29.5 Å². The number of benzene rings is 1. The van der Waals surface area contributed by atoms with E-state index < -0.39 is 21.1 Å². The molecule has 0 spiro atoms. The number of aromatic nitrogens is 5. The van der Waals surface area contributed by atoms with E-state index in [4.69, 9.17) is 0 Å². The average Bonchev–Trinajstić information content (AvgIpc) is 3.05. The van der Waals surface area contributed by atoms with Crippen LogP contribution in [0.4, 0.5) is 0 Å². The van der Waals surface area contributed by atoms with Crippen molar-refractivity contribution in [1.29, 1.82) is 0 Å². The number of hydrogen-bond donors (Lipinski definition) is 3. The molecular weight excluding hydrogens is 408 g/mol. The van der Waals surface area contributed by atoms with Crippen molar-refractivity contribution in [2.45, 2.75) is 25.3 Å². The first-order valence-electron chi connectivity index (χ1n) is 8.97. The summed E-state index contributed by atoms with van der Waals surface area (Å²) in [5.74, 6) is 0.639. The van der Waals surface area contributed by atoms with Crippen molar-refractivity contribution in [3.63, 3.8) is 0 Å². The molecule has 3 aromatic heterocycles. The van der Waals surface area contributed by atoms with E-state index in [1.807, 2.05) is 19.9 Å². The lowest BCUT2D eigenvalue weighted by Gasteiger charge is -2.09. The SMILES string of the molecule is Cc1cc(C)n(-c2ccc(CNS(=O)(=O)c3ccc4[nH]c(=O)c(=O)[nH]c4c3)cn2)n1. The Labute approximate surface area is 170 Å². The van der Waals surface area contributed by atoms with Crippen LogP contribution in [0.3, 0.4) is 0 Å². The maximum atomic E-state index is 12.6. The number of rotatable bonds is 5. The van der Waals surface area contributed by atoms with Crippen LogP contribution < -0.4 is 15.8 Å². The van der Waals surface area contributed by atoms with E-state index in [0.717, 1.165) is 11.4 Å². The fraction of sp³-hybridized carbons (Fsp3) is 0.158. The van der Waals surface area contributed by atoms with Crippen LogP contribution in [0.2, 0.25) is 0 Å². The Bertz CT molecular complexity index is 1470. The highest BCUT2D eigenvalue weighted by atomic mass is 32.2. The Morgan fingerprint density at radius 2 is 1.73 bits per heavy atom. The summed E-state index contributed by atoms with van der Waals surface area (Å²) in [6, 6.07) is 9.54. The normalized spacial score (nSPS) is 11.8. The number of sulfonamides is 1. The third-order valence-electron chi connectivity index (χ3n) is 4.51. The Morgan fingerprint density at radius 1 is 1.00 bits per heavy atom. The molecule has 0 radical (unpaired) electrons. The van der Waals surface area contributed by atoms with E-state index in [1.54, 1.807) is 23.0 Å². The first-order chi connectivity index (χ1) is 14.2. The maximum absolute atomic E-state index is 12.6. The van der Waals surface area contributed by atoms with Gasteiger partial charge in [0.1, 0.15) is 0 Å². The van der Waals surface area contributed by atoms with E-state index in [9.17, 15) is 18.0 Å². The molecule has 0 bridgehead atoms. The first-order valence-corrected chi connectivity index (χ1v) is 10.5. The topological polar surface area (TPSA) is 143 Å². The second-order valence-corrected chi connectivity index (χ2v) is 8.57. The first kappa shape index (κ1) is 19.7. The predicted octanol–water partition coefficient (Wildman–Crippen LogP) is 0.892. The van der Waals surface area contributed by atoms with E-state index in [0.29, 0.717) is 16.9 Å². The van der Waals surface area contributed by atoms with Crippen LogP contribution in [-0.4, -0.2) is 33.2 Å². The molecule has 3 N–H and O–H groups in total. The molecule has 154 valence electrons. The molecule has 30 heavy (non-hydrogen) atoms. The number of nitrogens with zero attached hydrogens (tertiary/aromatic N) is 3. The van der Waals surface area contributed by atoms with Gasteiger partial charge >= 0.3 is 11.1 Å². The van der Waals surface area contributed by atoms with Gasteiger partial charge in [-0.15, -0.1) is 0 Å². The quantitative estimate of drug-likeness (QED) is 0.405. The Balaban J connectivity index is 1.53. The van der Waals surface area contributed by atoms with Crippen molar-refractivity contribution in [3.8, 4) is 5.82 Å². The van der Waals surface area contributed by atoms with Gasteiger partial charge in [-0.2, -0.15) is 5.10 Å². The molecule has 0 aliphatic carbocycles. The zero-order valence-corrected chi connectivity index (χ0v) is 16.9. The van der Waals surface area contributed by atoms with Gasteiger partial charge in [-0.1, -0.05) is 6.07 Å². The summed E-state index contributed by atoms with van der Waals surface area (Å²) in [6.45, 7) is 3.86. The predicted molar refractivity (Wildman–Crippen MR) is 110 cm³/mol. The lowest BCUT2D eigenvalue weighted by Crippen LogP contribution is -2.29. The summed E-state index contributed by atoms with van der Waals surface area (Å²) in [5.41, 5.74) is 1.41. The standard InChI is InChI=1S/C19H18N6O4S/c1-11-7-12(2)25(24-11)17-6-3-13(9-20-17)10-21-30(28,29)14-4-5-15-16(8-14)23-19(27)18(26)22-15/h3-9,21H,10H2,1-2H3,(H,22,26)(H,23,27). The summed E-state index contributed by atoms with van der Waals surface area (Å²) in [4.78, 5) is 31.9. The smallest absolute Gasteiger partial charge is 0.314 e. The maximum Gasteiger partial charge on any atom is 0.314 e. The molecule has 1 aromatic carbocycles. The largest absolute Gasteiger partial charge is 0.316 e. The van der Waals surface area contributed by atoms with Gasteiger partial charge in [-0.3, -0.25) is 9.59 Å². The van der Waals surface area contributed by atoms with Gasteiger partial charge in [-0.05, 0) is 49.7 Å². The lowest BCUT2D eigenvalue weighted by atomic mass is 10.3. The van der Waals surface area contributed by atoms with E-state index in [2.05, 4.69) is 24.8 Å². The third kappa shape index (κ3) is 3.80. The Morgan fingerprint density at radius 3 is 2.37 bits per heavy atom. The van der Waals surface area contributed by atoms with Crippen molar-refractivity contribution < 1.29 is 8.42 Å². The molecule has 4 aromatic rings. The molecule has 0 saturated heterocycles. The molecular formula is C19H18N6O4S. The fourth-order valence-electron chi connectivity index (χ4n) is 3.03. The number of H-pyrrole nitrogens is 2. The molecule has 4 rings (SSSR count). The van der Waals surface area contributed by atoms with Crippen LogP contribution in [0.1, 0.15) is 17.0 Å². The summed E-state index contributed by atoms with van der Waals surface area (Å²) < 4.78 is 29.5. The zero-order valence-electron chi connectivity index (χ0n) is 16.1. The van der Waals surface area contributed by atoms with Gasteiger partial charge in [0, 0.05) is 18.4 Å². The fourth-order valence-corrected chi connectivity index (χ4v) is 4.07. The molecule has 0 fully saturated rings. The van der Waals surface area contributed by atoms with Gasteiger partial charge in [0.2, 0.25) is 10.0 Å². The molecule has 0 amide bonds. The summed E-state index contributed by atoms with van der Waals surface area (Å²) in [7, 11) is -3.85. The number of nitrogens with one attached hydrogen (secondary N) is 3. The van der Waals surface area contributed by atoms with Gasteiger partial charge < -0.3 is 9.97 Å². The number of fused-ring (bicyclic) bond motifs is 1. The average molecular weight is 426 g/mol. The van der Waals surface area contributed by atoms with Crippen LogP contribution in [0.15, 0.2) is 57.1 Å². The lowest BCUT2D eigenvalue weighted by molar-refractivity contribution is 0.581. The minimum Gasteiger partial charge on any atom is -0.316 e. The highest BCUT2D eigenvalue weighted by molar-refractivity contribution is 7.89. The minimum absolute atomic E-state index is 0.0346. The van der Waals surface area contributed by atoms with E-state index >= 15 is 0 Å². The van der Waals surface area contributed by atoms with Gasteiger partial charge in [-0.25, -0.2) is 22.8 Å². The molecule has 10 nitrogen and oxygen atoms in total. The van der Waals surface area contributed by atoms with Crippen LogP contribution in [0.25, 0.3) is 16.9 Å². The van der Waals surface area contributed by atoms with Crippen LogP contribution in [0, 0.1) is 13.8 Å².